The molecule has 31 heavy (non-hydrogen) atoms. The summed E-state index contributed by atoms with van der Waals surface area (Å²) in [6, 6.07) is 10.1. The van der Waals surface area contributed by atoms with Crippen LogP contribution in [0.25, 0.3) is 0 Å². The van der Waals surface area contributed by atoms with E-state index < -0.39 is 23.8 Å². The van der Waals surface area contributed by atoms with E-state index in [9.17, 15) is 23.1 Å². The van der Waals surface area contributed by atoms with Gasteiger partial charge in [-0.1, -0.05) is 29.4 Å². The van der Waals surface area contributed by atoms with Gasteiger partial charge in [0.15, 0.2) is 6.10 Å². The van der Waals surface area contributed by atoms with Crippen molar-refractivity contribution in [3.8, 4) is 5.75 Å². The minimum absolute atomic E-state index is 0.0389. The first kappa shape index (κ1) is 24.2. The second-order valence-corrected chi connectivity index (χ2v) is 6.95. The Morgan fingerprint density at radius 1 is 1.19 bits per heavy atom. The second-order valence-electron chi connectivity index (χ2n) is 6.95. The van der Waals surface area contributed by atoms with E-state index in [1.807, 2.05) is 0 Å². The predicted molar refractivity (Wildman–Crippen MR) is 108 cm³/mol. The van der Waals surface area contributed by atoms with Crippen LogP contribution in [0.15, 0.2) is 47.6 Å². The monoisotopic (exact) mass is 439 g/mol. The summed E-state index contributed by atoms with van der Waals surface area (Å²) in [4.78, 5) is 16.5. The van der Waals surface area contributed by atoms with E-state index >= 15 is 0 Å². The Hall–Kier alpha value is -3.07. The molecule has 6 nitrogen and oxygen atoms in total. The molecule has 0 saturated carbocycles. The van der Waals surface area contributed by atoms with Crippen LogP contribution in [0.2, 0.25) is 0 Å². The predicted octanol–water partition coefficient (Wildman–Crippen LogP) is 4.69. The summed E-state index contributed by atoms with van der Waals surface area (Å²) in [5, 5.41) is 13.1. The largest absolute Gasteiger partial charge is 0.496 e. The van der Waals surface area contributed by atoms with Crippen molar-refractivity contribution in [3.63, 3.8) is 0 Å². The minimum atomic E-state index is -4.49. The van der Waals surface area contributed by atoms with E-state index in [1.165, 1.54) is 31.5 Å². The average molecular weight is 439 g/mol. The topological polar surface area (TPSA) is 77.4 Å². The van der Waals surface area contributed by atoms with Gasteiger partial charge in [-0.3, -0.25) is 0 Å². The van der Waals surface area contributed by atoms with Gasteiger partial charge in [-0.25, -0.2) is 4.79 Å². The van der Waals surface area contributed by atoms with Gasteiger partial charge in [0, 0.05) is 17.5 Å². The molecular weight excluding hydrogens is 415 g/mol. The fraction of sp³-hybridized carbons (Fsp3) is 0.364. The Morgan fingerprint density at radius 3 is 2.52 bits per heavy atom. The number of aliphatic carboxylic acids is 1. The third kappa shape index (κ3) is 7.29. The number of rotatable bonds is 10. The number of carboxylic acids is 1. The lowest BCUT2D eigenvalue weighted by atomic mass is 10.0. The summed E-state index contributed by atoms with van der Waals surface area (Å²) in [5.41, 5.74) is 0.327. The molecule has 2 aromatic rings. The zero-order valence-corrected chi connectivity index (χ0v) is 17.3. The Morgan fingerprint density at radius 2 is 1.90 bits per heavy atom. The maximum absolute atomic E-state index is 13.0. The van der Waals surface area contributed by atoms with Crippen molar-refractivity contribution in [3.05, 3.63) is 64.7 Å². The summed E-state index contributed by atoms with van der Waals surface area (Å²) < 4.78 is 49.8. The number of oxime groups is 1. The zero-order chi connectivity index (χ0) is 23.0. The highest BCUT2D eigenvalue weighted by molar-refractivity contribution is 5.83. The number of benzene rings is 2. The quantitative estimate of drug-likeness (QED) is 0.430. The average Bonchev–Trinajstić information content (AvgIpc) is 2.70. The fourth-order valence-electron chi connectivity index (χ4n) is 2.87. The van der Waals surface area contributed by atoms with Crippen molar-refractivity contribution < 1.29 is 37.4 Å². The van der Waals surface area contributed by atoms with Crippen LogP contribution in [0.4, 0.5) is 13.2 Å². The lowest BCUT2D eigenvalue weighted by Gasteiger charge is -2.17. The van der Waals surface area contributed by atoms with E-state index in [4.69, 9.17) is 14.3 Å². The number of carboxylic acid groups (broad SMARTS) is 1. The van der Waals surface area contributed by atoms with Crippen molar-refractivity contribution in [2.75, 3.05) is 7.11 Å². The number of nitrogens with zero attached hydrogens (tertiary/aromatic N) is 1. The molecule has 0 radical (unpaired) electrons. The van der Waals surface area contributed by atoms with Crippen molar-refractivity contribution >= 4 is 12.2 Å². The van der Waals surface area contributed by atoms with Gasteiger partial charge in [0.05, 0.1) is 25.0 Å². The van der Waals surface area contributed by atoms with Crippen molar-refractivity contribution in [1.29, 1.82) is 0 Å². The van der Waals surface area contributed by atoms with Crippen LogP contribution in [-0.4, -0.2) is 36.6 Å². The van der Waals surface area contributed by atoms with E-state index in [0.29, 0.717) is 16.9 Å². The second kappa shape index (κ2) is 10.8. The smallest absolute Gasteiger partial charge is 0.416 e. The molecule has 0 fully saturated rings. The molecule has 2 aromatic carbocycles. The van der Waals surface area contributed by atoms with Crippen LogP contribution < -0.4 is 4.74 Å². The first-order chi connectivity index (χ1) is 14.6. The normalized spacial score (nSPS) is 12.9. The molecule has 0 heterocycles. The Bertz CT molecular complexity index is 912. The van der Waals surface area contributed by atoms with Crippen molar-refractivity contribution in [1.82, 2.24) is 0 Å². The molecule has 1 atom stereocenters. The molecule has 1 N–H and O–H groups in total. The molecule has 0 spiro atoms. The minimum Gasteiger partial charge on any atom is -0.496 e. The molecule has 0 aromatic heterocycles. The molecule has 2 rings (SSSR count). The summed E-state index contributed by atoms with van der Waals surface area (Å²) in [6.45, 7) is 3.13. The van der Waals surface area contributed by atoms with Gasteiger partial charge in [0.25, 0.3) is 0 Å². The molecule has 0 saturated heterocycles. The van der Waals surface area contributed by atoms with Gasteiger partial charge >= 0.3 is 12.1 Å². The molecular formula is C22H24F3NO5. The Labute approximate surface area is 178 Å². The van der Waals surface area contributed by atoms with Crippen LogP contribution in [-0.2, 0) is 33.6 Å². The Balaban J connectivity index is 2.13. The van der Waals surface area contributed by atoms with E-state index in [-0.39, 0.29) is 24.7 Å². The Kier molecular flexibility index (Phi) is 8.44. The van der Waals surface area contributed by atoms with Crippen molar-refractivity contribution in [2.24, 2.45) is 5.16 Å². The number of carbonyl (C=O) groups is 1. The van der Waals surface area contributed by atoms with Crippen LogP contribution in [0.1, 0.15) is 36.1 Å². The molecule has 168 valence electrons. The summed E-state index contributed by atoms with van der Waals surface area (Å²) >= 11 is 0. The van der Waals surface area contributed by atoms with Crippen LogP contribution in [0, 0.1) is 0 Å². The third-order valence-electron chi connectivity index (χ3n) is 4.24. The van der Waals surface area contributed by atoms with E-state index in [0.717, 1.165) is 6.07 Å². The lowest BCUT2D eigenvalue weighted by molar-refractivity contribution is -0.153. The molecule has 0 aliphatic rings. The van der Waals surface area contributed by atoms with Crippen LogP contribution >= 0.6 is 0 Å². The van der Waals surface area contributed by atoms with Gasteiger partial charge in [0.2, 0.25) is 0 Å². The number of hydrogen-bond acceptors (Lipinski definition) is 5. The van der Waals surface area contributed by atoms with E-state index in [1.54, 1.807) is 32.0 Å². The number of halogens is 3. The summed E-state index contributed by atoms with van der Waals surface area (Å²) in [7, 11) is 1.45. The van der Waals surface area contributed by atoms with Gasteiger partial charge in [-0.2, -0.15) is 13.2 Å². The highest BCUT2D eigenvalue weighted by Gasteiger charge is 2.33. The number of ether oxygens (including phenoxy) is 2. The zero-order valence-electron chi connectivity index (χ0n) is 17.3. The molecule has 0 amide bonds. The maximum Gasteiger partial charge on any atom is 0.416 e. The summed E-state index contributed by atoms with van der Waals surface area (Å²) in [6.07, 6.45) is -4.34. The molecule has 0 bridgehead atoms. The number of alkyl halides is 3. The number of methoxy groups -OCH3 is 1. The highest BCUT2D eigenvalue weighted by Crippen LogP contribution is 2.32. The highest BCUT2D eigenvalue weighted by atomic mass is 19.4. The number of hydrogen-bond donors (Lipinski definition) is 1. The van der Waals surface area contributed by atoms with Gasteiger partial charge in [-0.15, -0.1) is 0 Å². The SMILES string of the molecule is COc1ccc(CC(OC(C)C)C(=O)O)cc1C=NOCc1ccccc1C(F)(F)F. The van der Waals surface area contributed by atoms with Gasteiger partial charge in [0.1, 0.15) is 12.4 Å². The fourth-order valence-corrected chi connectivity index (χ4v) is 2.87. The van der Waals surface area contributed by atoms with Crippen LogP contribution in [0.3, 0.4) is 0 Å². The first-order valence-electron chi connectivity index (χ1n) is 9.47. The molecule has 9 heteroatoms. The molecule has 0 aliphatic heterocycles. The standard InChI is InChI=1S/C22H24F3NO5/c1-14(2)31-20(21(27)28)11-15-8-9-19(29-3)17(10-15)12-26-30-13-16-6-4-5-7-18(16)22(23,24)25/h4-10,12,14,20H,11,13H2,1-3H3,(H,27,28). The van der Waals surface area contributed by atoms with Crippen molar-refractivity contribution in [2.45, 2.75) is 45.3 Å². The molecule has 1 unspecified atom stereocenters. The third-order valence-corrected chi connectivity index (χ3v) is 4.24. The molecule has 0 aliphatic carbocycles. The van der Waals surface area contributed by atoms with Gasteiger partial charge < -0.3 is 19.4 Å². The van der Waals surface area contributed by atoms with Crippen LogP contribution in [0.5, 0.6) is 5.75 Å². The first-order valence-corrected chi connectivity index (χ1v) is 9.47. The maximum atomic E-state index is 13.0. The van der Waals surface area contributed by atoms with Gasteiger partial charge in [-0.05, 0) is 37.6 Å². The lowest BCUT2D eigenvalue weighted by Crippen LogP contribution is -2.29. The summed E-state index contributed by atoms with van der Waals surface area (Å²) in [5.74, 6) is -0.630. The van der Waals surface area contributed by atoms with E-state index in [2.05, 4.69) is 5.16 Å².